The Kier molecular flexibility index (Phi) is 6.46. The number of sulfone groups is 1. The summed E-state index contributed by atoms with van der Waals surface area (Å²) < 4.78 is 31.1. The van der Waals surface area contributed by atoms with Crippen LogP contribution in [-0.4, -0.2) is 63.0 Å². The molecule has 0 aliphatic carbocycles. The number of halogens is 2. The second kappa shape index (κ2) is 8.80. The largest absolute Gasteiger partial charge is 0.749 e. The first-order chi connectivity index (χ1) is 15.9. The van der Waals surface area contributed by atoms with Crippen molar-refractivity contribution in [3.63, 3.8) is 0 Å². The molecule has 0 unspecified atom stereocenters. The molecule has 1 fully saturated rings. The molecule has 1 aliphatic heterocycles. The van der Waals surface area contributed by atoms with E-state index in [1.807, 2.05) is 19.1 Å². The number of nitrogens with zero attached hydrogens (tertiary/aromatic N) is 5. The van der Waals surface area contributed by atoms with Gasteiger partial charge in [0.25, 0.3) is 0 Å². The maximum atomic E-state index is 14.1. The maximum absolute atomic E-state index is 14.1. The molecule has 0 spiro atoms. The van der Waals surface area contributed by atoms with Crippen molar-refractivity contribution in [2.75, 3.05) is 48.7 Å². The summed E-state index contributed by atoms with van der Waals surface area (Å²) in [5.74, 6) is 0.860. The normalized spacial score (nSPS) is 15.8. The molecule has 1 aromatic carbocycles. The van der Waals surface area contributed by atoms with Crippen LogP contribution in [0.3, 0.4) is 0 Å². The maximum Gasteiger partial charge on any atom is 0.129 e. The van der Waals surface area contributed by atoms with Gasteiger partial charge in [0, 0.05) is 52.7 Å². The van der Waals surface area contributed by atoms with Gasteiger partial charge < -0.3 is 19.1 Å². The lowest BCUT2D eigenvalue weighted by Crippen LogP contribution is -2.49. The molecule has 0 amide bonds. The Morgan fingerprint density at radius 3 is 2.29 bits per heavy atom. The quantitative estimate of drug-likeness (QED) is 0.546. The smallest absolute Gasteiger partial charge is 0.129 e. The number of sulfonamides is 2. The van der Waals surface area contributed by atoms with Crippen molar-refractivity contribution in [3.05, 3.63) is 51.9 Å². The molecule has 2 aromatic heterocycles. The number of rotatable bonds is 5. The van der Waals surface area contributed by atoms with Gasteiger partial charge >= 0.3 is 0 Å². The summed E-state index contributed by atoms with van der Waals surface area (Å²) in [6.45, 7) is 7.13. The van der Waals surface area contributed by atoms with Crippen molar-refractivity contribution in [1.29, 1.82) is 0 Å². The summed E-state index contributed by atoms with van der Waals surface area (Å²) >= 11 is 13.2. The number of nitrogens with one attached hydrogen (secondary N) is 1. The molecule has 8 nitrogen and oxygen atoms in total. The van der Waals surface area contributed by atoms with Gasteiger partial charge in [0.2, 0.25) is 0 Å². The molecule has 4 rings (SSSR count). The van der Waals surface area contributed by atoms with Crippen molar-refractivity contribution in [2.24, 2.45) is 7.05 Å². The second-order valence-electron chi connectivity index (χ2n) is 8.74. The van der Waals surface area contributed by atoms with Crippen molar-refractivity contribution in [3.8, 4) is 11.1 Å². The Morgan fingerprint density at radius 1 is 1.12 bits per heavy atom. The summed E-state index contributed by atoms with van der Waals surface area (Å²) in [7, 11) is -1.65. The lowest BCUT2D eigenvalue weighted by molar-refractivity contribution is 0.490. The summed E-state index contributed by atoms with van der Waals surface area (Å²) in [6.07, 6.45) is 2.90. The Morgan fingerprint density at radius 2 is 1.74 bits per heavy atom. The highest BCUT2D eigenvalue weighted by Crippen LogP contribution is 2.46. The molecular formula is C23H29Cl2N6O2S-. The molecule has 3 aromatic rings. The van der Waals surface area contributed by atoms with Crippen LogP contribution in [0.15, 0.2) is 35.4 Å². The van der Waals surface area contributed by atoms with Gasteiger partial charge in [-0.3, -0.25) is 4.68 Å². The molecule has 1 aliphatic rings. The Balaban J connectivity index is 1.76. The van der Waals surface area contributed by atoms with E-state index < -0.39 is 9.53 Å². The van der Waals surface area contributed by atoms with Crippen LogP contribution in [0.4, 0.5) is 11.5 Å². The number of pyridine rings is 1. The van der Waals surface area contributed by atoms with Gasteiger partial charge in [-0.25, -0.2) is 18.7 Å². The van der Waals surface area contributed by atoms with Crippen LogP contribution < -0.4 is 14.5 Å². The minimum Gasteiger partial charge on any atom is -0.749 e. The number of hydrogen-bond acceptors (Lipinski definition) is 6. The summed E-state index contributed by atoms with van der Waals surface area (Å²) in [4.78, 5) is 6.59. The highest BCUT2D eigenvalue weighted by molar-refractivity contribution is 8.15. The van der Waals surface area contributed by atoms with Crippen molar-refractivity contribution >= 4 is 44.2 Å². The van der Waals surface area contributed by atoms with Crippen molar-refractivity contribution in [2.45, 2.75) is 18.7 Å². The van der Waals surface area contributed by atoms with E-state index in [0.29, 0.717) is 11.4 Å². The van der Waals surface area contributed by atoms with Crippen LogP contribution in [0.1, 0.15) is 11.4 Å². The minimum absolute atomic E-state index is 0.0589. The van der Waals surface area contributed by atoms with Gasteiger partial charge in [-0.2, -0.15) is 5.10 Å². The molecule has 1 saturated heterocycles. The lowest BCUT2D eigenvalue weighted by Gasteiger charge is -2.59. The first-order valence-electron chi connectivity index (χ1n) is 10.9. The average molecular weight is 524 g/mol. The first kappa shape index (κ1) is 24.9. The molecule has 0 bridgehead atoms. The van der Waals surface area contributed by atoms with Crippen LogP contribution in [0.5, 0.6) is 0 Å². The number of piperazine rings is 1. The third kappa shape index (κ3) is 4.31. The van der Waals surface area contributed by atoms with Gasteiger partial charge in [-0.1, -0.05) is 23.2 Å². The van der Waals surface area contributed by atoms with Gasteiger partial charge in [-0.15, -0.1) is 0 Å². The van der Waals surface area contributed by atoms with E-state index in [0.717, 1.165) is 55.1 Å². The summed E-state index contributed by atoms with van der Waals surface area (Å²) in [5.41, 5.74) is 3.40. The van der Waals surface area contributed by atoms with E-state index in [9.17, 15) is 8.76 Å². The molecule has 11 heteroatoms. The van der Waals surface area contributed by atoms with Gasteiger partial charge in [0.1, 0.15) is 5.82 Å². The van der Waals surface area contributed by atoms with Crippen LogP contribution in [0, 0.1) is 13.8 Å². The van der Waals surface area contributed by atoms with Crippen molar-refractivity contribution in [1.82, 2.24) is 20.1 Å². The van der Waals surface area contributed by atoms with E-state index in [1.54, 1.807) is 37.0 Å². The van der Waals surface area contributed by atoms with Crippen molar-refractivity contribution < 1.29 is 8.76 Å². The van der Waals surface area contributed by atoms with E-state index in [2.05, 4.69) is 20.3 Å². The van der Waals surface area contributed by atoms with Gasteiger partial charge in [-0.05, 0) is 49.2 Å². The number of aryl methyl sites for hydroxylation is 2. The number of aromatic nitrogens is 3. The topological polar surface area (TPSA) is 89.3 Å². The summed E-state index contributed by atoms with van der Waals surface area (Å²) in [5, 5.41) is 7.80. The fourth-order valence-electron chi connectivity index (χ4n) is 4.40. The third-order valence-corrected chi connectivity index (χ3v) is 10.0. The minimum atomic E-state index is -4.93. The van der Waals surface area contributed by atoms with Crippen LogP contribution in [0.25, 0.3) is 11.1 Å². The standard InChI is InChI=1S/C23H30Cl2N6O2S/c1-15-22(16(2)29(3)28-15)30(4)34(5,32,33)23-19(24)12-18(13-20(23)25)17-6-7-27-21(14-17)31-10-8-26-9-11-31/h6-7,12-14,26H,8-11H2,1-5H3,(H,32,33)/p-1. The molecule has 0 atom stereocenters. The zero-order valence-electron chi connectivity index (χ0n) is 19.9. The fraction of sp³-hybridized carbons (Fsp3) is 0.391. The molecule has 0 saturated carbocycles. The molecule has 34 heavy (non-hydrogen) atoms. The van der Waals surface area contributed by atoms with Crippen LogP contribution in [0.2, 0.25) is 10.0 Å². The average Bonchev–Trinajstić information content (AvgIpc) is 3.03. The lowest BCUT2D eigenvalue weighted by atomic mass is 10.1. The van der Waals surface area contributed by atoms with E-state index in [1.165, 1.54) is 11.4 Å². The monoisotopic (exact) mass is 523 g/mol. The second-order valence-corrected chi connectivity index (χ2v) is 12.9. The van der Waals surface area contributed by atoms with E-state index >= 15 is 0 Å². The zero-order chi connectivity index (χ0) is 24.9. The Labute approximate surface area is 210 Å². The molecule has 0 radical (unpaired) electrons. The number of benzene rings is 1. The van der Waals surface area contributed by atoms with Gasteiger partial charge in [0.15, 0.2) is 0 Å². The highest BCUT2D eigenvalue weighted by atomic mass is 35.5. The molecule has 184 valence electrons. The predicted molar refractivity (Wildman–Crippen MR) is 139 cm³/mol. The van der Waals surface area contributed by atoms with Gasteiger partial charge in [0.05, 0.1) is 32.0 Å². The van der Waals surface area contributed by atoms with E-state index in [4.69, 9.17) is 23.2 Å². The fourth-order valence-corrected chi connectivity index (χ4v) is 7.90. The molecular weight excluding hydrogens is 495 g/mol. The molecule has 1 N–H and O–H groups in total. The Bertz CT molecular complexity index is 1290. The molecule has 3 heterocycles. The zero-order valence-corrected chi connectivity index (χ0v) is 22.3. The van der Waals surface area contributed by atoms with Crippen LogP contribution >= 0.6 is 23.2 Å². The predicted octanol–water partition coefficient (Wildman–Crippen LogP) is 3.81. The first-order valence-corrected chi connectivity index (χ1v) is 13.9. The Hall–Kier alpha value is -2.17. The highest BCUT2D eigenvalue weighted by Gasteiger charge is 2.31. The number of hydrogen-bond donors (Lipinski definition) is 1. The third-order valence-electron chi connectivity index (χ3n) is 6.40. The van der Waals surface area contributed by atoms with Crippen LogP contribution in [-0.2, 0) is 16.6 Å². The van der Waals surface area contributed by atoms with E-state index in [-0.39, 0.29) is 14.9 Å². The SMILES string of the molecule is Cc1nn(C)c(C)c1N(C)S(C)(=O)([O-])c1c(Cl)cc(-c2ccnc(N3CCNCC3)c2)cc1Cl. The number of anilines is 2. The summed E-state index contributed by atoms with van der Waals surface area (Å²) in [6, 6.07) is 7.12.